The molecule has 0 bridgehead atoms. The zero-order valence-electron chi connectivity index (χ0n) is 24.5. The number of furan rings is 1. The van der Waals surface area contributed by atoms with Crippen LogP contribution in [0.25, 0.3) is 0 Å². The van der Waals surface area contributed by atoms with Crippen molar-refractivity contribution in [2.45, 2.75) is 104 Å². The molecule has 7 heteroatoms. The Balaban J connectivity index is 1.46. The van der Waals surface area contributed by atoms with E-state index in [1.54, 1.807) is 18.4 Å². The van der Waals surface area contributed by atoms with Gasteiger partial charge in [0, 0.05) is 31.9 Å². The average molecular weight is 539 g/mol. The standard InChI is InChI=1S/C31H48N3O3Si/c1-24-14-15-28(32-23-24)34(29(35)27-13-10-22-36-27)26-16-19-33(20-17-26)21-18-31(30(2,3)4,37-38(5)6)25-11-8-7-9-12-25/h10,13-15,22-23,25-26H,7-9,11-12,16-21H2,1-6H3. The molecule has 0 N–H and O–H groups in total. The minimum atomic E-state index is -0.836. The number of aryl methyl sites for hydroxylation is 1. The summed E-state index contributed by atoms with van der Waals surface area (Å²) in [7, 11) is -0.836. The van der Waals surface area contributed by atoms with Crippen LogP contribution in [0.15, 0.2) is 41.1 Å². The van der Waals surface area contributed by atoms with Crippen LogP contribution in [0.2, 0.25) is 13.1 Å². The summed E-state index contributed by atoms with van der Waals surface area (Å²) >= 11 is 0. The first-order valence-corrected chi connectivity index (χ1v) is 17.0. The van der Waals surface area contributed by atoms with E-state index in [0.717, 1.165) is 44.5 Å². The molecule has 6 nitrogen and oxygen atoms in total. The minimum absolute atomic E-state index is 0.0742. The second-order valence-electron chi connectivity index (χ2n) is 12.7. The topological polar surface area (TPSA) is 58.8 Å². The first-order valence-electron chi connectivity index (χ1n) is 14.6. The van der Waals surface area contributed by atoms with Crippen LogP contribution in [-0.4, -0.2) is 56.1 Å². The highest BCUT2D eigenvalue weighted by Gasteiger charge is 2.49. The molecule has 2 aliphatic rings. The van der Waals surface area contributed by atoms with E-state index < -0.39 is 9.04 Å². The van der Waals surface area contributed by atoms with Gasteiger partial charge in [0.2, 0.25) is 9.04 Å². The van der Waals surface area contributed by atoms with E-state index in [-0.39, 0.29) is 23.0 Å². The number of anilines is 1. The lowest BCUT2D eigenvalue weighted by atomic mass is 9.63. The Bertz CT molecular complexity index is 1000. The van der Waals surface area contributed by atoms with E-state index >= 15 is 0 Å². The third-order valence-corrected chi connectivity index (χ3v) is 9.51. The molecule has 0 spiro atoms. The molecule has 0 aromatic carbocycles. The van der Waals surface area contributed by atoms with E-state index in [0.29, 0.717) is 17.5 Å². The average Bonchev–Trinajstić information content (AvgIpc) is 3.43. The molecule has 1 aliphatic heterocycles. The Kier molecular flexibility index (Phi) is 9.53. The number of pyridine rings is 1. The molecule has 2 fully saturated rings. The first-order chi connectivity index (χ1) is 18.1. The molecule has 1 atom stereocenters. The number of carbonyl (C=O) groups excluding carboxylic acids is 1. The minimum Gasteiger partial charge on any atom is -0.459 e. The second-order valence-corrected chi connectivity index (χ2v) is 14.7. The van der Waals surface area contributed by atoms with Crippen molar-refractivity contribution < 1.29 is 13.6 Å². The summed E-state index contributed by atoms with van der Waals surface area (Å²) in [5, 5.41) is 0. The Morgan fingerprint density at radius 2 is 1.82 bits per heavy atom. The zero-order chi connectivity index (χ0) is 27.3. The van der Waals surface area contributed by atoms with Crippen molar-refractivity contribution in [3.05, 3.63) is 48.0 Å². The van der Waals surface area contributed by atoms with Crippen LogP contribution in [0.4, 0.5) is 5.82 Å². The summed E-state index contributed by atoms with van der Waals surface area (Å²) in [6.07, 6.45) is 12.9. The van der Waals surface area contributed by atoms with Gasteiger partial charge in [-0.15, -0.1) is 0 Å². The number of nitrogens with zero attached hydrogens (tertiary/aromatic N) is 3. The largest absolute Gasteiger partial charge is 0.459 e. The lowest BCUT2D eigenvalue weighted by molar-refractivity contribution is -0.105. The van der Waals surface area contributed by atoms with E-state index in [9.17, 15) is 4.79 Å². The molecule has 1 saturated carbocycles. The third kappa shape index (κ3) is 6.60. The summed E-state index contributed by atoms with van der Waals surface area (Å²) in [5.41, 5.74) is 1.11. The quantitative estimate of drug-likeness (QED) is 0.318. The first kappa shape index (κ1) is 29.0. The molecule has 2 aromatic rings. The monoisotopic (exact) mass is 538 g/mol. The maximum absolute atomic E-state index is 13.5. The highest BCUT2D eigenvalue weighted by Crippen LogP contribution is 2.48. The molecule has 2 aromatic heterocycles. The zero-order valence-corrected chi connectivity index (χ0v) is 25.5. The van der Waals surface area contributed by atoms with Crippen molar-refractivity contribution in [3.8, 4) is 0 Å². The van der Waals surface area contributed by atoms with Crippen LogP contribution in [0.5, 0.6) is 0 Å². The number of carbonyl (C=O) groups is 1. The van der Waals surface area contributed by atoms with Crippen molar-refractivity contribution in [2.75, 3.05) is 24.5 Å². The van der Waals surface area contributed by atoms with Gasteiger partial charge in [-0.1, -0.05) is 46.1 Å². The lowest BCUT2D eigenvalue weighted by Crippen LogP contribution is -2.56. The molecular formula is C31H48N3O3Si. The van der Waals surface area contributed by atoms with Crippen LogP contribution in [0.3, 0.4) is 0 Å². The molecule has 1 radical (unpaired) electrons. The molecule has 1 amide bonds. The number of rotatable bonds is 9. The van der Waals surface area contributed by atoms with E-state index in [1.165, 1.54) is 32.1 Å². The van der Waals surface area contributed by atoms with Crippen molar-refractivity contribution in [1.82, 2.24) is 9.88 Å². The Morgan fingerprint density at radius 1 is 1.11 bits per heavy atom. The number of piperidine rings is 1. The normalized spacial score (nSPS) is 20.0. The highest BCUT2D eigenvalue weighted by atomic mass is 28.3. The molecule has 1 saturated heterocycles. The Labute approximate surface area is 231 Å². The number of likely N-dealkylation sites (tertiary alicyclic amines) is 1. The predicted molar refractivity (Wildman–Crippen MR) is 156 cm³/mol. The molecule has 209 valence electrons. The van der Waals surface area contributed by atoms with Crippen LogP contribution in [0, 0.1) is 18.3 Å². The molecule has 1 aliphatic carbocycles. The summed E-state index contributed by atoms with van der Waals surface area (Å²) in [6.45, 7) is 16.8. The van der Waals surface area contributed by atoms with E-state index in [2.05, 4.69) is 43.7 Å². The highest BCUT2D eigenvalue weighted by molar-refractivity contribution is 6.48. The van der Waals surface area contributed by atoms with Crippen LogP contribution >= 0.6 is 0 Å². The molecule has 1 unspecified atom stereocenters. The summed E-state index contributed by atoms with van der Waals surface area (Å²) in [6, 6.07) is 7.59. The van der Waals surface area contributed by atoms with Gasteiger partial charge in [-0.05, 0) is 87.2 Å². The van der Waals surface area contributed by atoms with Gasteiger partial charge in [-0.3, -0.25) is 9.69 Å². The van der Waals surface area contributed by atoms with Gasteiger partial charge in [-0.2, -0.15) is 0 Å². The predicted octanol–water partition coefficient (Wildman–Crippen LogP) is 7.12. The SMILES string of the molecule is Cc1ccc(N(C(=O)c2ccco2)C2CCN(CCC(O[Si](C)C)(C3CCCCC3)C(C)(C)C)CC2)nc1. The fourth-order valence-corrected chi connectivity index (χ4v) is 8.02. The second kappa shape index (κ2) is 12.5. The molecule has 38 heavy (non-hydrogen) atoms. The van der Waals surface area contributed by atoms with Crippen LogP contribution in [-0.2, 0) is 4.43 Å². The number of hydrogen-bond acceptors (Lipinski definition) is 5. The Hall–Kier alpha value is -1.96. The molecular weight excluding hydrogens is 490 g/mol. The fraction of sp³-hybridized carbons (Fsp3) is 0.677. The number of aromatic nitrogens is 1. The molecule has 3 heterocycles. The maximum Gasteiger partial charge on any atom is 0.295 e. The van der Waals surface area contributed by atoms with Crippen molar-refractivity contribution in [3.63, 3.8) is 0 Å². The van der Waals surface area contributed by atoms with Crippen LogP contribution in [0.1, 0.15) is 88.3 Å². The summed E-state index contributed by atoms with van der Waals surface area (Å²) < 4.78 is 12.5. The smallest absolute Gasteiger partial charge is 0.295 e. The van der Waals surface area contributed by atoms with Gasteiger partial charge in [0.05, 0.1) is 11.9 Å². The van der Waals surface area contributed by atoms with Crippen molar-refractivity contribution in [2.24, 2.45) is 11.3 Å². The van der Waals surface area contributed by atoms with E-state index in [1.807, 2.05) is 30.2 Å². The van der Waals surface area contributed by atoms with Gasteiger partial charge in [0.25, 0.3) is 5.91 Å². The van der Waals surface area contributed by atoms with Gasteiger partial charge in [0.15, 0.2) is 5.76 Å². The van der Waals surface area contributed by atoms with Crippen molar-refractivity contribution in [1.29, 1.82) is 0 Å². The number of hydrogen-bond donors (Lipinski definition) is 0. The number of amides is 1. The summed E-state index contributed by atoms with van der Waals surface area (Å²) in [5.74, 6) is 1.60. The molecule has 4 rings (SSSR count). The van der Waals surface area contributed by atoms with Crippen LogP contribution < -0.4 is 4.90 Å². The fourth-order valence-electron chi connectivity index (χ4n) is 6.72. The Morgan fingerprint density at radius 3 is 2.37 bits per heavy atom. The van der Waals surface area contributed by atoms with Gasteiger partial charge < -0.3 is 13.7 Å². The van der Waals surface area contributed by atoms with Gasteiger partial charge in [-0.25, -0.2) is 4.98 Å². The van der Waals surface area contributed by atoms with Gasteiger partial charge in [0.1, 0.15) is 5.82 Å². The maximum atomic E-state index is 13.5. The van der Waals surface area contributed by atoms with Crippen molar-refractivity contribution >= 4 is 20.8 Å². The summed E-state index contributed by atoms with van der Waals surface area (Å²) in [4.78, 5) is 22.6. The van der Waals surface area contributed by atoms with Gasteiger partial charge >= 0.3 is 0 Å². The third-order valence-electron chi connectivity index (χ3n) is 8.74. The van der Waals surface area contributed by atoms with E-state index in [4.69, 9.17) is 8.84 Å². The lowest BCUT2D eigenvalue weighted by Gasteiger charge is -2.53.